The van der Waals surface area contributed by atoms with Gasteiger partial charge in [0.2, 0.25) is 0 Å². The Kier molecular flexibility index (Phi) is 4.61. The lowest BCUT2D eigenvalue weighted by Crippen LogP contribution is -2.14. The Morgan fingerprint density at radius 3 is 2.57 bits per heavy atom. The van der Waals surface area contributed by atoms with E-state index in [0.29, 0.717) is 11.3 Å². The highest BCUT2D eigenvalue weighted by Crippen LogP contribution is 2.29. The predicted octanol–water partition coefficient (Wildman–Crippen LogP) is 3.51. The van der Waals surface area contributed by atoms with Gasteiger partial charge >= 0.3 is 0 Å². The number of aryl methyl sites for hydroxylation is 1. The van der Waals surface area contributed by atoms with Crippen molar-refractivity contribution in [2.24, 2.45) is 0 Å². The van der Waals surface area contributed by atoms with Crippen molar-refractivity contribution >= 4 is 38.9 Å². The van der Waals surface area contributed by atoms with Crippen molar-refractivity contribution < 1.29 is 13.2 Å². The number of rotatable bonds is 4. The summed E-state index contributed by atoms with van der Waals surface area (Å²) in [5.41, 5.74) is 0.792. The first kappa shape index (κ1) is 15.9. The molecule has 1 aromatic carbocycles. The smallest absolute Gasteiger partial charge is 0.263 e. The number of nitrogens with one attached hydrogen (secondary N) is 1. The predicted molar refractivity (Wildman–Crippen MR) is 82.8 cm³/mol. The van der Waals surface area contributed by atoms with Gasteiger partial charge in [0, 0.05) is 12.3 Å². The van der Waals surface area contributed by atoms with Gasteiger partial charge in [-0.25, -0.2) is 13.4 Å². The Morgan fingerprint density at radius 1 is 1.24 bits per heavy atom. The zero-order chi connectivity index (χ0) is 15.6. The molecule has 112 valence electrons. The lowest BCUT2D eigenvalue weighted by atomic mass is 10.3. The Bertz CT molecular complexity index is 779. The summed E-state index contributed by atoms with van der Waals surface area (Å²) in [5, 5.41) is 0.520. The number of nitrogens with zero attached hydrogens (tertiary/aromatic N) is 1. The number of aromatic nitrogens is 1. The lowest BCUT2D eigenvalue weighted by Gasteiger charge is -2.11. The fourth-order valence-corrected chi connectivity index (χ4v) is 3.02. The van der Waals surface area contributed by atoms with Crippen LogP contribution in [0.3, 0.4) is 0 Å². The number of benzene rings is 1. The van der Waals surface area contributed by atoms with Crippen LogP contribution >= 0.6 is 23.2 Å². The molecule has 21 heavy (non-hydrogen) atoms. The van der Waals surface area contributed by atoms with Gasteiger partial charge in [0.25, 0.3) is 10.0 Å². The molecule has 1 aromatic heterocycles. The monoisotopic (exact) mass is 346 g/mol. The van der Waals surface area contributed by atoms with Crippen LogP contribution in [0, 0.1) is 6.92 Å². The van der Waals surface area contributed by atoms with E-state index in [1.807, 2.05) is 0 Å². The van der Waals surface area contributed by atoms with Crippen molar-refractivity contribution in [2.45, 2.75) is 11.8 Å². The van der Waals surface area contributed by atoms with Gasteiger partial charge in [-0.05, 0) is 30.7 Å². The molecule has 8 heteroatoms. The van der Waals surface area contributed by atoms with E-state index < -0.39 is 10.0 Å². The number of anilines is 1. The van der Waals surface area contributed by atoms with Gasteiger partial charge in [-0.1, -0.05) is 23.2 Å². The number of sulfonamides is 1. The summed E-state index contributed by atoms with van der Waals surface area (Å²) in [6, 6.07) is 6.11. The molecule has 5 nitrogen and oxygen atoms in total. The van der Waals surface area contributed by atoms with Gasteiger partial charge in [-0.2, -0.15) is 0 Å². The summed E-state index contributed by atoms with van der Waals surface area (Å²) in [6.45, 7) is 1.67. The van der Waals surface area contributed by atoms with Crippen LogP contribution in [0.2, 0.25) is 10.2 Å². The SMILES string of the molecule is COc1ccc(Cl)c(NS(=O)(=O)c2cnc(Cl)c(C)c2)c1. The number of pyridine rings is 1. The third kappa shape index (κ3) is 3.58. The molecule has 0 atom stereocenters. The van der Waals surface area contributed by atoms with E-state index in [0.717, 1.165) is 0 Å². The van der Waals surface area contributed by atoms with Gasteiger partial charge in [0.15, 0.2) is 0 Å². The zero-order valence-electron chi connectivity index (χ0n) is 11.2. The standard InChI is InChI=1S/C13H12Cl2N2O3S/c1-8-5-10(7-16-13(8)15)21(18,19)17-12-6-9(20-2)3-4-11(12)14/h3-7,17H,1-2H3. The summed E-state index contributed by atoms with van der Waals surface area (Å²) in [4.78, 5) is 3.83. The molecule has 0 aliphatic heterocycles. The molecule has 0 aliphatic rings. The van der Waals surface area contributed by atoms with Crippen molar-refractivity contribution in [3.05, 3.63) is 46.2 Å². The topological polar surface area (TPSA) is 68.3 Å². The second-order valence-electron chi connectivity index (χ2n) is 4.23. The van der Waals surface area contributed by atoms with E-state index in [1.54, 1.807) is 19.1 Å². The van der Waals surface area contributed by atoms with Gasteiger partial charge < -0.3 is 4.74 Å². The zero-order valence-corrected chi connectivity index (χ0v) is 13.6. The third-order valence-corrected chi connectivity index (χ3v) is 4.78. The number of ether oxygens (including phenoxy) is 1. The van der Waals surface area contributed by atoms with Crippen LogP contribution in [0.25, 0.3) is 0 Å². The minimum atomic E-state index is -3.81. The highest BCUT2D eigenvalue weighted by molar-refractivity contribution is 7.92. The summed E-state index contributed by atoms with van der Waals surface area (Å²) >= 11 is 11.8. The van der Waals surface area contributed by atoms with Gasteiger partial charge in [0.1, 0.15) is 15.8 Å². The average Bonchev–Trinajstić information content (AvgIpc) is 2.44. The van der Waals surface area contributed by atoms with Crippen molar-refractivity contribution in [3.8, 4) is 5.75 Å². The summed E-state index contributed by atoms with van der Waals surface area (Å²) in [7, 11) is -2.33. The molecule has 0 saturated heterocycles. The van der Waals surface area contributed by atoms with Crippen LogP contribution in [-0.4, -0.2) is 20.5 Å². The Morgan fingerprint density at radius 2 is 1.95 bits per heavy atom. The number of hydrogen-bond donors (Lipinski definition) is 1. The Balaban J connectivity index is 2.39. The molecule has 0 aliphatic carbocycles. The first-order chi connectivity index (χ1) is 9.83. The Labute approximate surface area is 132 Å². The van der Waals surface area contributed by atoms with Crippen molar-refractivity contribution in [2.75, 3.05) is 11.8 Å². The summed E-state index contributed by atoms with van der Waals surface area (Å²) in [5.74, 6) is 0.488. The molecule has 0 unspecified atom stereocenters. The molecule has 0 radical (unpaired) electrons. The van der Waals surface area contributed by atoms with E-state index in [4.69, 9.17) is 27.9 Å². The van der Waals surface area contributed by atoms with Crippen molar-refractivity contribution in [3.63, 3.8) is 0 Å². The molecule has 0 spiro atoms. The lowest BCUT2D eigenvalue weighted by molar-refractivity contribution is 0.415. The maximum atomic E-state index is 12.3. The first-order valence-electron chi connectivity index (χ1n) is 5.82. The molecule has 2 aromatic rings. The summed E-state index contributed by atoms with van der Waals surface area (Å²) in [6.07, 6.45) is 1.19. The van der Waals surface area contributed by atoms with Crippen LogP contribution in [0.15, 0.2) is 35.4 Å². The maximum Gasteiger partial charge on any atom is 0.263 e. The van der Waals surface area contributed by atoms with Crippen LogP contribution in [0.4, 0.5) is 5.69 Å². The van der Waals surface area contributed by atoms with Crippen LogP contribution in [0.5, 0.6) is 5.75 Å². The Hall–Kier alpha value is -1.50. The molecule has 0 saturated carbocycles. The molecule has 1 N–H and O–H groups in total. The number of methoxy groups -OCH3 is 1. The second kappa shape index (κ2) is 6.09. The molecule has 0 fully saturated rings. The first-order valence-corrected chi connectivity index (χ1v) is 8.06. The van der Waals surface area contributed by atoms with Gasteiger partial charge in [-0.3, -0.25) is 4.72 Å². The maximum absolute atomic E-state index is 12.3. The minimum absolute atomic E-state index is 0.00304. The second-order valence-corrected chi connectivity index (χ2v) is 6.68. The minimum Gasteiger partial charge on any atom is -0.497 e. The molecule has 1 heterocycles. The van der Waals surface area contributed by atoms with E-state index >= 15 is 0 Å². The molecule has 0 amide bonds. The number of hydrogen-bond acceptors (Lipinski definition) is 4. The molecule has 0 bridgehead atoms. The van der Waals surface area contributed by atoms with Crippen molar-refractivity contribution in [1.29, 1.82) is 0 Å². The van der Waals surface area contributed by atoms with Crippen LogP contribution in [0.1, 0.15) is 5.56 Å². The summed E-state index contributed by atoms with van der Waals surface area (Å²) < 4.78 is 32.1. The van der Waals surface area contributed by atoms with E-state index in [-0.39, 0.29) is 20.8 Å². The molecule has 2 rings (SSSR count). The third-order valence-electron chi connectivity index (χ3n) is 2.72. The fraction of sp³-hybridized carbons (Fsp3) is 0.154. The van der Waals surface area contributed by atoms with E-state index in [2.05, 4.69) is 9.71 Å². The van der Waals surface area contributed by atoms with Crippen LogP contribution in [-0.2, 0) is 10.0 Å². The van der Waals surface area contributed by atoms with Crippen LogP contribution < -0.4 is 9.46 Å². The van der Waals surface area contributed by atoms with E-state index in [1.165, 1.54) is 25.4 Å². The molecular weight excluding hydrogens is 335 g/mol. The average molecular weight is 347 g/mol. The van der Waals surface area contributed by atoms with Gasteiger partial charge in [0.05, 0.1) is 17.8 Å². The molecular formula is C13H12Cl2N2O3S. The van der Waals surface area contributed by atoms with Gasteiger partial charge in [-0.15, -0.1) is 0 Å². The highest BCUT2D eigenvalue weighted by Gasteiger charge is 2.17. The normalized spacial score (nSPS) is 11.2. The quantitative estimate of drug-likeness (QED) is 0.860. The largest absolute Gasteiger partial charge is 0.497 e. The van der Waals surface area contributed by atoms with E-state index in [9.17, 15) is 8.42 Å². The number of halogens is 2. The highest BCUT2D eigenvalue weighted by atomic mass is 35.5. The van der Waals surface area contributed by atoms with Crippen molar-refractivity contribution in [1.82, 2.24) is 4.98 Å². The fourth-order valence-electron chi connectivity index (χ4n) is 1.59.